The van der Waals surface area contributed by atoms with Crippen LogP contribution in [0.3, 0.4) is 0 Å². The summed E-state index contributed by atoms with van der Waals surface area (Å²) in [6.45, 7) is 0.712. The lowest BCUT2D eigenvalue weighted by atomic mass is 10.1. The first-order valence-corrected chi connectivity index (χ1v) is 11.2. The number of nitrogens with one attached hydrogen (secondary N) is 1. The zero-order chi connectivity index (χ0) is 22.5. The van der Waals surface area contributed by atoms with Gasteiger partial charge in [0.15, 0.2) is 0 Å². The van der Waals surface area contributed by atoms with E-state index >= 15 is 0 Å². The molecule has 2 aromatic carbocycles. The van der Waals surface area contributed by atoms with Crippen LogP contribution in [0.4, 0.5) is 10.1 Å². The first kappa shape index (κ1) is 23.6. The molecule has 0 saturated heterocycles. The van der Waals surface area contributed by atoms with Gasteiger partial charge in [0, 0.05) is 24.2 Å². The minimum absolute atomic E-state index is 0.201. The predicted molar refractivity (Wildman–Crippen MR) is 114 cm³/mol. The fourth-order valence-electron chi connectivity index (χ4n) is 2.85. The van der Waals surface area contributed by atoms with Crippen LogP contribution >= 0.6 is 11.6 Å². The number of hydrogen-bond acceptors (Lipinski definition) is 4. The molecule has 2 amide bonds. The Labute approximate surface area is 180 Å². The molecule has 0 spiro atoms. The number of nitrogens with zero attached hydrogens (tertiary/aromatic N) is 2. The Morgan fingerprint density at radius 3 is 2.40 bits per heavy atom. The van der Waals surface area contributed by atoms with Gasteiger partial charge in [-0.25, -0.2) is 12.8 Å². The average Bonchev–Trinajstić information content (AvgIpc) is 2.69. The first-order valence-electron chi connectivity index (χ1n) is 9.02. The monoisotopic (exact) mass is 455 g/mol. The summed E-state index contributed by atoms with van der Waals surface area (Å²) >= 11 is 5.96. The Hall–Kier alpha value is -2.65. The van der Waals surface area contributed by atoms with E-state index in [1.165, 1.54) is 44.3 Å². The van der Waals surface area contributed by atoms with Crippen molar-refractivity contribution in [1.82, 2.24) is 10.2 Å². The van der Waals surface area contributed by atoms with Crippen LogP contribution in [0.1, 0.15) is 12.5 Å². The lowest BCUT2D eigenvalue weighted by Gasteiger charge is -2.31. The summed E-state index contributed by atoms with van der Waals surface area (Å²) in [5.74, 6) is -1.66. The number of sulfonamides is 1. The number of benzene rings is 2. The second-order valence-electron chi connectivity index (χ2n) is 6.65. The average molecular weight is 456 g/mol. The Morgan fingerprint density at radius 2 is 1.83 bits per heavy atom. The molecule has 2 aromatic rings. The van der Waals surface area contributed by atoms with Gasteiger partial charge in [-0.1, -0.05) is 35.9 Å². The normalized spacial score (nSPS) is 12.2. The van der Waals surface area contributed by atoms with Gasteiger partial charge in [-0.05, 0) is 31.2 Å². The molecule has 0 heterocycles. The number of amides is 2. The van der Waals surface area contributed by atoms with Crippen molar-refractivity contribution in [3.8, 4) is 0 Å². The number of hydrogen-bond donors (Lipinski definition) is 1. The summed E-state index contributed by atoms with van der Waals surface area (Å²) in [5, 5.41) is 2.75. The molecule has 1 N–H and O–H groups in total. The highest BCUT2D eigenvalue weighted by Gasteiger charge is 2.30. The fourth-order valence-corrected chi connectivity index (χ4v) is 3.87. The van der Waals surface area contributed by atoms with Gasteiger partial charge in [-0.15, -0.1) is 0 Å². The van der Waals surface area contributed by atoms with Gasteiger partial charge in [0.05, 0.1) is 11.9 Å². The van der Waals surface area contributed by atoms with Crippen molar-refractivity contribution < 1.29 is 22.4 Å². The van der Waals surface area contributed by atoms with E-state index in [2.05, 4.69) is 5.32 Å². The molecule has 30 heavy (non-hydrogen) atoms. The largest absolute Gasteiger partial charge is 0.357 e. The van der Waals surface area contributed by atoms with Gasteiger partial charge in [-0.2, -0.15) is 0 Å². The zero-order valence-electron chi connectivity index (χ0n) is 16.8. The quantitative estimate of drug-likeness (QED) is 0.662. The summed E-state index contributed by atoms with van der Waals surface area (Å²) in [5.41, 5.74) is 0.409. The maximum Gasteiger partial charge on any atom is 0.244 e. The third kappa shape index (κ3) is 5.93. The van der Waals surface area contributed by atoms with Crippen LogP contribution in [0, 0.1) is 5.82 Å². The predicted octanol–water partition coefficient (Wildman–Crippen LogP) is 2.41. The summed E-state index contributed by atoms with van der Waals surface area (Å²) < 4.78 is 39.7. The van der Waals surface area contributed by atoms with E-state index in [9.17, 15) is 22.4 Å². The highest BCUT2D eigenvalue weighted by atomic mass is 35.5. The third-order valence-electron chi connectivity index (χ3n) is 4.49. The van der Waals surface area contributed by atoms with Gasteiger partial charge in [0.25, 0.3) is 0 Å². The second kappa shape index (κ2) is 9.90. The van der Waals surface area contributed by atoms with Crippen molar-refractivity contribution in [2.24, 2.45) is 0 Å². The zero-order valence-corrected chi connectivity index (χ0v) is 18.4. The van der Waals surface area contributed by atoms with E-state index in [1.807, 2.05) is 0 Å². The fraction of sp³-hybridized carbons (Fsp3) is 0.300. The molecule has 0 saturated carbocycles. The summed E-state index contributed by atoms with van der Waals surface area (Å²) in [6.07, 6.45) is 0.963. The molecule has 7 nitrogen and oxygen atoms in total. The van der Waals surface area contributed by atoms with E-state index < -0.39 is 40.2 Å². The number of carbonyl (C=O) groups is 2. The van der Waals surface area contributed by atoms with Gasteiger partial charge in [0.1, 0.15) is 18.4 Å². The lowest BCUT2D eigenvalue weighted by molar-refractivity contribution is -0.139. The second-order valence-corrected chi connectivity index (χ2v) is 9.00. The number of rotatable bonds is 8. The topological polar surface area (TPSA) is 86.8 Å². The Kier molecular flexibility index (Phi) is 7.80. The Bertz CT molecular complexity index is 1030. The first-order chi connectivity index (χ1) is 14.0. The Morgan fingerprint density at radius 1 is 1.17 bits per heavy atom. The molecule has 2 rings (SSSR count). The molecule has 10 heteroatoms. The molecule has 0 aromatic heterocycles. The molecule has 0 fully saturated rings. The molecular formula is C20H23ClFN3O4S. The smallest absolute Gasteiger partial charge is 0.244 e. The van der Waals surface area contributed by atoms with Crippen LogP contribution in [-0.2, 0) is 26.2 Å². The third-order valence-corrected chi connectivity index (χ3v) is 5.86. The highest BCUT2D eigenvalue weighted by molar-refractivity contribution is 7.92. The molecular weight excluding hydrogens is 433 g/mol. The summed E-state index contributed by atoms with van der Waals surface area (Å²) in [7, 11) is -2.43. The number of likely N-dealkylation sites (N-methyl/N-ethyl adjacent to an activating group) is 1. The minimum atomic E-state index is -3.84. The molecule has 0 aliphatic carbocycles. The van der Waals surface area contributed by atoms with Gasteiger partial charge in [-0.3, -0.25) is 13.9 Å². The molecule has 1 atom stereocenters. The standard InChI is InChI=1S/C20H23ClFN3O4S/c1-14(20(27)23-2)24(12-15-7-4-5-10-18(15)22)19(26)13-25(30(3,28)29)17-9-6-8-16(21)11-17/h4-11,14H,12-13H2,1-3H3,(H,23,27)/t14-/m1/s1. The molecule has 0 bridgehead atoms. The van der Waals surface area contributed by atoms with Crippen LogP contribution in [-0.4, -0.2) is 51.0 Å². The van der Waals surface area contributed by atoms with E-state index in [-0.39, 0.29) is 17.8 Å². The summed E-state index contributed by atoms with van der Waals surface area (Å²) in [6, 6.07) is 11.0. The van der Waals surface area contributed by atoms with Gasteiger partial charge < -0.3 is 10.2 Å². The number of anilines is 1. The molecule has 0 radical (unpaired) electrons. The van der Waals surface area contributed by atoms with Crippen molar-refractivity contribution in [1.29, 1.82) is 0 Å². The molecule has 0 aliphatic heterocycles. The van der Waals surface area contributed by atoms with Crippen molar-refractivity contribution in [3.05, 3.63) is 64.9 Å². The van der Waals surface area contributed by atoms with E-state index in [1.54, 1.807) is 18.2 Å². The van der Waals surface area contributed by atoms with Crippen LogP contribution in [0.2, 0.25) is 5.02 Å². The van der Waals surface area contributed by atoms with Crippen LogP contribution in [0.15, 0.2) is 48.5 Å². The number of carbonyl (C=O) groups excluding carboxylic acids is 2. The number of halogens is 2. The molecule has 0 unspecified atom stereocenters. The maximum absolute atomic E-state index is 14.2. The van der Waals surface area contributed by atoms with E-state index in [4.69, 9.17) is 11.6 Å². The van der Waals surface area contributed by atoms with Crippen molar-refractivity contribution in [2.75, 3.05) is 24.2 Å². The van der Waals surface area contributed by atoms with E-state index in [0.29, 0.717) is 5.02 Å². The van der Waals surface area contributed by atoms with Crippen LogP contribution in [0.25, 0.3) is 0 Å². The van der Waals surface area contributed by atoms with E-state index in [0.717, 1.165) is 15.5 Å². The summed E-state index contributed by atoms with van der Waals surface area (Å²) in [4.78, 5) is 26.4. The molecule has 162 valence electrons. The van der Waals surface area contributed by atoms with Crippen molar-refractivity contribution >= 4 is 39.1 Å². The van der Waals surface area contributed by atoms with Crippen molar-refractivity contribution in [3.63, 3.8) is 0 Å². The van der Waals surface area contributed by atoms with Crippen LogP contribution in [0.5, 0.6) is 0 Å². The highest BCUT2D eigenvalue weighted by Crippen LogP contribution is 2.22. The Balaban J connectivity index is 2.40. The van der Waals surface area contributed by atoms with Gasteiger partial charge >= 0.3 is 0 Å². The maximum atomic E-state index is 14.2. The minimum Gasteiger partial charge on any atom is -0.357 e. The lowest BCUT2D eigenvalue weighted by Crippen LogP contribution is -2.50. The van der Waals surface area contributed by atoms with Crippen LogP contribution < -0.4 is 9.62 Å². The van der Waals surface area contributed by atoms with Gasteiger partial charge in [0.2, 0.25) is 21.8 Å². The molecule has 0 aliphatic rings. The SMILES string of the molecule is CNC(=O)[C@@H](C)N(Cc1ccccc1F)C(=O)CN(c1cccc(Cl)c1)S(C)(=O)=O. The van der Waals surface area contributed by atoms with Crippen molar-refractivity contribution in [2.45, 2.75) is 19.5 Å².